The summed E-state index contributed by atoms with van der Waals surface area (Å²) >= 11 is 0. The Kier molecular flexibility index (Phi) is 9.06. The minimum Gasteiger partial charge on any atom is -0.493 e. The smallest absolute Gasteiger partial charge is 0.124 e. The second kappa shape index (κ2) is 12.3. The number of benzene rings is 3. The molecule has 0 aliphatic rings. The second-order valence-corrected chi connectivity index (χ2v) is 7.79. The fourth-order valence-corrected chi connectivity index (χ4v) is 3.79. The molecule has 0 aliphatic carbocycles. The average molecular weight is 390 g/mol. The van der Waals surface area contributed by atoms with E-state index in [1.54, 1.807) is 0 Å². The SMILES string of the molecule is CCCCCCCCOc1ccc2ccccc2c1CNCCc1ccccc1. The summed E-state index contributed by atoms with van der Waals surface area (Å²) in [4.78, 5) is 0. The Bertz CT molecular complexity index is 844. The highest BCUT2D eigenvalue weighted by atomic mass is 16.5. The lowest BCUT2D eigenvalue weighted by molar-refractivity contribution is 0.301. The predicted octanol–water partition coefficient (Wildman–Crippen LogP) is 6.91. The molecule has 3 aromatic rings. The van der Waals surface area contributed by atoms with Gasteiger partial charge in [-0.15, -0.1) is 0 Å². The standard InChI is InChI=1S/C27H35NO/c1-2-3-4-5-6-12-21-29-27-18-17-24-15-10-11-16-25(24)26(27)22-28-20-19-23-13-8-7-9-14-23/h7-11,13-18,28H,2-6,12,19-22H2,1H3. The van der Waals surface area contributed by atoms with Gasteiger partial charge in [0.25, 0.3) is 0 Å². The lowest BCUT2D eigenvalue weighted by Gasteiger charge is -2.15. The zero-order valence-electron chi connectivity index (χ0n) is 17.8. The Morgan fingerprint density at radius 1 is 0.759 bits per heavy atom. The number of nitrogens with one attached hydrogen (secondary N) is 1. The fourth-order valence-electron chi connectivity index (χ4n) is 3.79. The van der Waals surface area contributed by atoms with Crippen molar-refractivity contribution < 1.29 is 4.74 Å². The van der Waals surface area contributed by atoms with Crippen molar-refractivity contribution in [3.05, 3.63) is 77.9 Å². The Hall–Kier alpha value is -2.32. The topological polar surface area (TPSA) is 21.3 Å². The van der Waals surface area contributed by atoms with E-state index in [0.29, 0.717) is 0 Å². The Labute approximate surface area is 176 Å². The molecular weight excluding hydrogens is 354 g/mol. The van der Waals surface area contributed by atoms with Crippen LogP contribution < -0.4 is 10.1 Å². The molecule has 0 aromatic heterocycles. The van der Waals surface area contributed by atoms with Gasteiger partial charge in [0.15, 0.2) is 0 Å². The second-order valence-electron chi connectivity index (χ2n) is 7.79. The maximum atomic E-state index is 6.23. The van der Waals surface area contributed by atoms with Crippen LogP contribution in [0.5, 0.6) is 5.75 Å². The molecule has 0 radical (unpaired) electrons. The monoisotopic (exact) mass is 389 g/mol. The van der Waals surface area contributed by atoms with Crippen LogP contribution in [0.4, 0.5) is 0 Å². The van der Waals surface area contributed by atoms with E-state index >= 15 is 0 Å². The molecule has 0 saturated heterocycles. The highest BCUT2D eigenvalue weighted by molar-refractivity contribution is 5.87. The van der Waals surface area contributed by atoms with E-state index in [1.807, 2.05) is 0 Å². The average Bonchev–Trinajstić information content (AvgIpc) is 2.77. The molecule has 0 fully saturated rings. The lowest BCUT2D eigenvalue weighted by Crippen LogP contribution is -2.17. The minimum atomic E-state index is 0.807. The third-order valence-corrected chi connectivity index (χ3v) is 5.49. The van der Waals surface area contributed by atoms with E-state index < -0.39 is 0 Å². The Morgan fingerprint density at radius 3 is 2.38 bits per heavy atom. The Balaban J connectivity index is 1.56. The molecule has 3 aromatic carbocycles. The zero-order valence-corrected chi connectivity index (χ0v) is 17.8. The van der Waals surface area contributed by atoms with E-state index in [9.17, 15) is 0 Å². The lowest BCUT2D eigenvalue weighted by atomic mass is 10.0. The summed E-state index contributed by atoms with van der Waals surface area (Å²) in [5, 5.41) is 6.20. The largest absolute Gasteiger partial charge is 0.493 e. The molecule has 0 amide bonds. The highest BCUT2D eigenvalue weighted by Gasteiger charge is 2.09. The Morgan fingerprint density at radius 2 is 1.52 bits per heavy atom. The fraction of sp³-hybridized carbons (Fsp3) is 0.407. The van der Waals surface area contributed by atoms with Crippen molar-refractivity contribution in [1.82, 2.24) is 5.32 Å². The van der Waals surface area contributed by atoms with Crippen molar-refractivity contribution >= 4 is 10.8 Å². The summed E-state index contributed by atoms with van der Waals surface area (Å²) in [6.07, 6.45) is 8.76. The molecule has 3 rings (SSSR count). The van der Waals surface area contributed by atoms with Crippen LogP contribution in [0, 0.1) is 0 Å². The summed E-state index contributed by atoms with van der Waals surface area (Å²) < 4.78 is 6.23. The van der Waals surface area contributed by atoms with Gasteiger partial charge in [-0.2, -0.15) is 0 Å². The van der Waals surface area contributed by atoms with Gasteiger partial charge in [0.2, 0.25) is 0 Å². The van der Waals surface area contributed by atoms with Crippen LogP contribution in [0.3, 0.4) is 0 Å². The molecule has 2 heteroatoms. The molecule has 154 valence electrons. The van der Waals surface area contributed by atoms with Gasteiger partial charge in [0.05, 0.1) is 6.61 Å². The van der Waals surface area contributed by atoms with Crippen LogP contribution >= 0.6 is 0 Å². The minimum absolute atomic E-state index is 0.807. The maximum Gasteiger partial charge on any atom is 0.124 e. The first-order chi connectivity index (χ1) is 14.4. The molecule has 0 atom stereocenters. The molecule has 0 aliphatic heterocycles. The van der Waals surface area contributed by atoms with Crippen molar-refractivity contribution in [3.63, 3.8) is 0 Å². The number of unbranched alkanes of at least 4 members (excludes halogenated alkanes) is 5. The van der Waals surface area contributed by atoms with Crippen LogP contribution in [0.15, 0.2) is 66.7 Å². The number of hydrogen-bond donors (Lipinski definition) is 1. The van der Waals surface area contributed by atoms with Gasteiger partial charge < -0.3 is 10.1 Å². The van der Waals surface area contributed by atoms with E-state index in [1.165, 1.54) is 54.0 Å². The summed E-state index contributed by atoms with van der Waals surface area (Å²) in [5.74, 6) is 1.03. The molecule has 0 spiro atoms. The number of ether oxygens (including phenoxy) is 1. The third-order valence-electron chi connectivity index (χ3n) is 5.49. The maximum absolute atomic E-state index is 6.23. The van der Waals surface area contributed by atoms with Crippen LogP contribution in [0.2, 0.25) is 0 Å². The van der Waals surface area contributed by atoms with E-state index in [4.69, 9.17) is 4.74 Å². The summed E-state index contributed by atoms with van der Waals surface area (Å²) in [5.41, 5.74) is 2.65. The highest BCUT2D eigenvalue weighted by Crippen LogP contribution is 2.28. The van der Waals surface area contributed by atoms with Crippen molar-refractivity contribution in [2.24, 2.45) is 0 Å². The van der Waals surface area contributed by atoms with Crippen molar-refractivity contribution in [2.45, 2.75) is 58.4 Å². The van der Waals surface area contributed by atoms with Gasteiger partial charge in [-0.25, -0.2) is 0 Å². The molecular formula is C27H35NO. The molecule has 1 N–H and O–H groups in total. The van der Waals surface area contributed by atoms with Gasteiger partial charge in [0.1, 0.15) is 5.75 Å². The molecule has 0 unspecified atom stereocenters. The van der Waals surface area contributed by atoms with Gasteiger partial charge in [-0.05, 0) is 41.8 Å². The van der Waals surface area contributed by atoms with Crippen molar-refractivity contribution in [1.29, 1.82) is 0 Å². The molecule has 0 saturated carbocycles. The predicted molar refractivity (Wildman–Crippen MR) is 125 cm³/mol. The number of hydrogen-bond acceptors (Lipinski definition) is 2. The molecule has 0 bridgehead atoms. The molecule has 29 heavy (non-hydrogen) atoms. The normalized spacial score (nSPS) is 11.1. The summed E-state index contributed by atoms with van der Waals surface area (Å²) in [6, 6.07) is 23.6. The van der Waals surface area contributed by atoms with Crippen LogP contribution in [-0.4, -0.2) is 13.2 Å². The quantitative estimate of drug-likeness (QED) is 0.321. The van der Waals surface area contributed by atoms with Gasteiger partial charge in [-0.3, -0.25) is 0 Å². The van der Waals surface area contributed by atoms with Crippen LogP contribution in [0.1, 0.15) is 56.6 Å². The summed E-state index contributed by atoms with van der Waals surface area (Å²) in [6.45, 7) is 4.86. The summed E-state index contributed by atoms with van der Waals surface area (Å²) in [7, 11) is 0. The first-order valence-electron chi connectivity index (χ1n) is 11.3. The van der Waals surface area contributed by atoms with E-state index in [-0.39, 0.29) is 0 Å². The number of rotatable bonds is 13. The molecule has 2 nitrogen and oxygen atoms in total. The van der Waals surface area contributed by atoms with Crippen molar-refractivity contribution in [2.75, 3.05) is 13.2 Å². The first-order valence-corrected chi connectivity index (χ1v) is 11.3. The van der Waals surface area contributed by atoms with E-state index in [2.05, 4.69) is 79.0 Å². The first kappa shape index (κ1) is 21.4. The van der Waals surface area contributed by atoms with Crippen LogP contribution in [-0.2, 0) is 13.0 Å². The number of fused-ring (bicyclic) bond motifs is 1. The third kappa shape index (κ3) is 6.90. The van der Waals surface area contributed by atoms with Gasteiger partial charge in [-0.1, -0.05) is 99.7 Å². The van der Waals surface area contributed by atoms with Gasteiger partial charge >= 0.3 is 0 Å². The van der Waals surface area contributed by atoms with Gasteiger partial charge in [0, 0.05) is 12.1 Å². The molecule has 0 heterocycles. The zero-order chi connectivity index (χ0) is 20.2. The van der Waals surface area contributed by atoms with Crippen molar-refractivity contribution in [3.8, 4) is 5.75 Å². The van der Waals surface area contributed by atoms with Crippen LogP contribution in [0.25, 0.3) is 10.8 Å². The van der Waals surface area contributed by atoms with E-state index in [0.717, 1.165) is 38.3 Å².